The summed E-state index contributed by atoms with van der Waals surface area (Å²) in [5.74, 6) is 0.881. The van der Waals surface area contributed by atoms with Gasteiger partial charge in [0.2, 0.25) is 0 Å². The molecule has 0 heterocycles. The first-order chi connectivity index (χ1) is 24.5. The van der Waals surface area contributed by atoms with Crippen LogP contribution >= 0.6 is 0 Å². The second kappa shape index (κ2) is 14.9. The Bertz CT molecular complexity index is 1510. The van der Waals surface area contributed by atoms with Gasteiger partial charge in [-0.15, -0.1) is 0 Å². The van der Waals surface area contributed by atoms with Crippen molar-refractivity contribution >= 4 is 11.9 Å². The number of esters is 2. The number of carbonyl (C=O) groups excluding carboxylic acids is 2. The molecule has 0 bridgehead atoms. The molecule has 2 N–H and O–H groups in total. The lowest BCUT2D eigenvalue weighted by Crippen LogP contribution is -2.53. The fraction of sp³-hybridized carbons (Fsp3) is 0.696. The third-order valence-corrected chi connectivity index (χ3v) is 14.7. The molecule has 8 atom stereocenters. The molecule has 0 radical (unpaired) electrons. The summed E-state index contributed by atoms with van der Waals surface area (Å²) in [5.41, 5.74) is 6.97. The smallest absolute Gasteiger partial charge is 0.312 e. The van der Waals surface area contributed by atoms with Crippen molar-refractivity contribution in [2.45, 2.75) is 167 Å². The summed E-state index contributed by atoms with van der Waals surface area (Å²) in [5, 5.41) is 21.6. The molecular formula is C46H66O6. The Morgan fingerprint density at radius 1 is 0.654 bits per heavy atom. The molecule has 2 aromatic rings. The highest BCUT2D eigenvalue weighted by molar-refractivity contribution is 5.78. The predicted molar refractivity (Wildman–Crippen MR) is 206 cm³/mol. The molecule has 2 fully saturated rings. The van der Waals surface area contributed by atoms with Crippen LogP contribution in [-0.4, -0.2) is 47.6 Å². The Balaban J connectivity index is 0.995. The van der Waals surface area contributed by atoms with Gasteiger partial charge in [0.05, 0.1) is 23.0 Å². The van der Waals surface area contributed by atoms with E-state index < -0.39 is 23.0 Å². The molecule has 0 spiro atoms. The van der Waals surface area contributed by atoms with Gasteiger partial charge in [0.1, 0.15) is 13.2 Å². The molecule has 2 aromatic carbocycles. The maximum absolute atomic E-state index is 13.8. The van der Waals surface area contributed by atoms with Crippen molar-refractivity contribution in [3.8, 4) is 0 Å². The third kappa shape index (κ3) is 7.01. The van der Waals surface area contributed by atoms with E-state index in [1.54, 1.807) is 0 Å². The molecule has 4 aliphatic carbocycles. The summed E-state index contributed by atoms with van der Waals surface area (Å²) >= 11 is 0. The van der Waals surface area contributed by atoms with E-state index in [1.807, 2.05) is 0 Å². The average molecular weight is 715 g/mol. The summed E-state index contributed by atoms with van der Waals surface area (Å²) in [6.07, 6.45) is 8.17. The van der Waals surface area contributed by atoms with Gasteiger partial charge in [0.25, 0.3) is 0 Å². The van der Waals surface area contributed by atoms with Gasteiger partial charge in [-0.3, -0.25) is 9.59 Å². The SMILES string of the molecule is CC(C)c1ccc2c(c1)CCC1C(C)(C(=O)OCC(O)CCC(O)COC(=O)C3(C)CCCC4(C)c5ccc(C(C)C)cc5CCC34)CCCC21C. The minimum absolute atomic E-state index is 0.0818. The zero-order valence-corrected chi connectivity index (χ0v) is 33.4. The lowest BCUT2D eigenvalue weighted by Gasteiger charge is -2.54. The molecule has 8 unspecified atom stereocenters. The number of carbonyl (C=O) groups is 2. The molecule has 0 saturated heterocycles. The van der Waals surface area contributed by atoms with Crippen LogP contribution in [0.2, 0.25) is 0 Å². The van der Waals surface area contributed by atoms with E-state index in [0.29, 0.717) is 11.8 Å². The third-order valence-electron chi connectivity index (χ3n) is 14.7. The maximum atomic E-state index is 13.8. The van der Waals surface area contributed by atoms with Crippen LogP contribution in [0, 0.1) is 22.7 Å². The van der Waals surface area contributed by atoms with Crippen molar-refractivity contribution < 1.29 is 29.3 Å². The molecule has 6 nitrogen and oxygen atoms in total. The van der Waals surface area contributed by atoms with Gasteiger partial charge in [-0.1, -0.05) is 90.8 Å². The monoisotopic (exact) mass is 714 g/mol. The van der Waals surface area contributed by atoms with Gasteiger partial charge >= 0.3 is 11.9 Å². The fourth-order valence-electron chi connectivity index (χ4n) is 11.5. The van der Waals surface area contributed by atoms with Crippen molar-refractivity contribution in [3.63, 3.8) is 0 Å². The lowest BCUT2D eigenvalue weighted by atomic mass is 9.49. The summed E-state index contributed by atoms with van der Waals surface area (Å²) in [6, 6.07) is 13.9. The first kappa shape index (κ1) is 39.0. The van der Waals surface area contributed by atoms with Crippen molar-refractivity contribution in [2.24, 2.45) is 22.7 Å². The summed E-state index contributed by atoms with van der Waals surface area (Å²) in [7, 11) is 0. The highest BCUT2D eigenvalue weighted by atomic mass is 16.5. The number of rotatable bonds is 11. The van der Waals surface area contributed by atoms with Gasteiger partial charge in [-0.05, 0) is 146 Å². The van der Waals surface area contributed by atoms with Crippen LogP contribution in [0.5, 0.6) is 0 Å². The standard InChI is InChI=1S/C46H66O6/c1-29(2)31-11-17-37-33(25-31)13-19-39-43(37,5)21-9-23-45(39,7)41(49)51-27-35(47)15-16-36(48)28-52-42(50)46(8)24-10-22-44(6)38-18-12-32(30(3)4)26-34(38)14-20-40(44)46/h11-12,17-18,25-26,29-30,35-36,39-40,47-48H,9-10,13-16,19-24,27-28H2,1-8H3. The molecule has 286 valence electrons. The summed E-state index contributed by atoms with van der Waals surface area (Å²) < 4.78 is 11.7. The number of aliphatic hydroxyl groups is 2. The van der Waals surface area contributed by atoms with Crippen LogP contribution in [-0.2, 0) is 42.7 Å². The number of benzene rings is 2. The van der Waals surface area contributed by atoms with Crippen molar-refractivity contribution in [1.82, 2.24) is 0 Å². The topological polar surface area (TPSA) is 93.1 Å². The minimum Gasteiger partial charge on any atom is -0.463 e. The molecule has 0 amide bonds. The van der Waals surface area contributed by atoms with Gasteiger partial charge < -0.3 is 19.7 Å². The summed E-state index contributed by atoms with van der Waals surface area (Å²) in [6.45, 7) is 17.5. The fourth-order valence-corrected chi connectivity index (χ4v) is 11.5. The molecule has 6 rings (SSSR count). The van der Waals surface area contributed by atoms with Gasteiger partial charge in [-0.2, -0.15) is 0 Å². The predicted octanol–water partition coefficient (Wildman–Crippen LogP) is 9.24. The highest BCUT2D eigenvalue weighted by Crippen LogP contribution is 2.59. The van der Waals surface area contributed by atoms with E-state index in [2.05, 4.69) is 91.8 Å². The van der Waals surface area contributed by atoms with Crippen LogP contribution in [0.25, 0.3) is 0 Å². The number of hydrogen-bond donors (Lipinski definition) is 2. The normalized spacial score (nSPS) is 32.2. The second-order valence-electron chi connectivity index (χ2n) is 18.8. The zero-order valence-electron chi connectivity index (χ0n) is 33.4. The van der Waals surface area contributed by atoms with Crippen LogP contribution in [0.3, 0.4) is 0 Å². The van der Waals surface area contributed by atoms with Crippen molar-refractivity contribution in [2.75, 3.05) is 13.2 Å². The molecule has 2 saturated carbocycles. The van der Waals surface area contributed by atoms with Gasteiger partial charge in [0, 0.05) is 0 Å². The van der Waals surface area contributed by atoms with Crippen LogP contribution < -0.4 is 0 Å². The Labute approximate surface area is 313 Å². The number of aryl methyl sites for hydroxylation is 2. The van der Waals surface area contributed by atoms with E-state index in [0.717, 1.165) is 64.2 Å². The quantitative estimate of drug-likeness (QED) is 0.226. The maximum Gasteiger partial charge on any atom is 0.312 e. The number of aliphatic hydroxyl groups excluding tert-OH is 2. The first-order valence-corrected chi connectivity index (χ1v) is 20.5. The zero-order chi connectivity index (χ0) is 37.6. The average Bonchev–Trinajstić information content (AvgIpc) is 3.11. The first-order valence-electron chi connectivity index (χ1n) is 20.5. The van der Waals surface area contributed by atoms with E-state index in [1.165, 1.54) is 33.4 Å². The number of ether oxygens (including phenoxy) is 2. The second-order valence-corrected chi connectivity index (χ2v) is 18.8. The van der Waals surface area contributed by atoms with Gasteiger partial charge in [0.15, 0.2) is 0 Å². The van der Waals surface area contributed by atoms with E-state index >= 15 is 0 Å². The van der Waals surface area contributed by atoms with Crippen LogP contribution in [0.1, 0.15) is 165 Å². The van der Waals surface area contributed by atoms with Crippen molar-refractivity contribution in [1.29, 1.82) is 0 Å². The molecular weight excluding hydrogens is 648 g/mol. The van der Waals surface area contributed by atoms with Crippen molar-refractivity contribution in [3.05, 3.63) is 69.8 Å². The Morgan fingerprint density at radius 3 is 1.40 bits per heavy atom. The number of hydrogen-bond acceptors (Lipinski definition) is 6. The lowest BCUT2D eigenvalue weighted by molar-refractivity contribution is -0.169. The molecule has 0 aromatic heterocycles. The summed E-state index contributed by atoms with van der Waals surface area (Å²) in [4.78, 5) is 27.5. The van der Waals surface area contributed by atoms with E-state index in [9.17, 15) is 19.8 Å². The largest absolute Gasteiger partial charge is 0.463 e. The Kier molecular flexibility index (Phi) is 11.1. The molecule has 4 aliphatic rings. The highest BCUT2D eigenvalue weighted by Gasteiger charge is 2.57. The molecule has 52 heavy (non-hydrogen) atoms. The molecule has 6 heteroatoms. The van der Waals surface area contributed by atoms with E-state index in [4.69, 9.17) is 9.47 Å². The molecule has 0 aliphatic heterocycles. The van der Waals surface area contributed by atoms with Crippen LogP contribution in [0.15, 0.2) is 36.4 Å². The van der Waals surface area contributed by atoms with E-state index in [-0.39, 0.29) is 60.7 Å². The van der Waals surface area contributed by atoms with Gasteiger partial charge in [-0.25, -0.2) is 0 Å². The van der Waals surface area contributed by atoms with Crippen LogP contribution in [0.4, 0.5) is 0 Å². The number of fused-ring (bicyclic) bond motifs is 6. The Hall–Kier alpha value is -2.70. The minimum atomic E-state index is -0.899. The Morgan fingerprint density at radius 2 is 1.04 bits per heavy atom.